The van der Waals surface area contributed by atoms with Gasteiger partial charge in [-0.15, -0.1) is 0 Å². The first-order valence-electron chi connectivity index (χ1n) is 10.2. The number of piperidine rings is 1. The van der Waals surface area contributed by atoms with Crippen molar-refractivity contribution in [2.75, 3.05) is 26.4 Å². The Bertz CT molecular complexity index is 695. The molecule has 1 aromatic rings. The van der Waals surface area contributed by atoms with Gasteiger partial charge in [0.05, 0.1) is 12.1 Å². The number of nitrogens with zero attached hydrogens (tertiary/aromatic N) is 1. The summed E-state index contributed by atoms with van der Waals surface area (Å²) in [6, 6.07) is 6.06. The van der Waals surface area contributed by atoms with Crippen LogP contribution in [0.15, 0.2) is 18.2 Å². The van der Waals surface area contributed by atoms with Crippen molar-refractivity contribution in [3.8, 4) is 11.5 Å². The van der Waals surface area contributed by atoms with Crippen LogP contribution in [0.3, 0.4) is 0 Å². The van der Waals surface area contributed by atoms with E-state index in [1.54, 1.807) is 0 Å². The fourth-order valence-corrected chi connectivity index (χ4v) is 4.96. The third kappa shape index (κ3) is 3.65. The van der Waals surface area contributed by atoms with Crippen molar-refractivity contribution in [2.45, 2.75) is 57.1 Å². The Hall–Kier alpha value is -1.79. The summed E-state index contributed by atoms with van der Waals surface area (Å²) in [5.74, 6) is 1.72. The predicted octanol–water partition coefficient (Wildman–Crippen LogP) is 2.61. The van der Waals surface area contributed by atoms with Crippen molar-refractivity contribution in [3.63, 3.8) is 0 Å². The molecule has 4 rings (SSSR count). The lowest BCUT2D eigenvalue weighted by molar-refractivity contribution is -0.137. The third-order valence-electron chi connectivity index (χ3n) is 6.33. The first-order valence-corrected chi connectivity index (χ1v) is 10.2. The fraction of sp³-hybridized carbons (Fsp3) is 0.667. The number of carbonyl (C=O) groups excluding carboxylic acids is 1. The van der Waals surface area contributed by atoms with Gasteiger partial charge in [0.2, 0.25) is 12.7 Å². The number of aliphatic hydroxyl groups is 1. The molecule has 2 N–H and O–H groups in total. The minimum atomic E-state index is -0.629. The summed E-state index contributed by atoms with van der Waals surface area (Å²) < 4.78 is 11.0. The van der Waals surface area contributed by atoms with Crippen LogP contribution < -0.4 is 14.8 Å². The number of hydrogen-bond acceptors (Lipinski definition) is 5. The molecule has 27 heavy (non-hydrogen) atoms. The molecule has 2 fully saturated rings. The maximum absolute atomic E-state index is 12.4. The van der Waals surface area contributed by atoms with E-state index in [2.05, 4.69) is 23.2 Å². The largest absolute Gasteiger partial charge is 0.454 e. The standard InChI is InChI=1S/C21H30N2O4/c1-2-10-22-19(24)13-23-11-9-21(25)8-4-3-5-16(21)20(23)15-6-7-17-18(12-15)27-14-26-17/h6-7,12,16,20,25H,2-5,8-11,13-14H2,1H3,(H,22,24)/t16-,20-,21-/m1/s1. The van der Waals surface area contributed by atoms with Crippen molar-refractivity contribution >= 4 is 5.91 Å². The number of rotatable bonds is 5. The van der Waals surface area contributed by atoms with Crippen molar-refractivity contribution in [1.29, 1.82) is 0 Å². The van der Waals surface area contributed by atoms with Gasteiger partial charge in [-0.05, 0) is 43.4 Å². The highest BCUT2D eigenvalue weighted by Gasteiger charge is 2.49. The van der Waals surface area contributed by atoms with Gasteiger partial charge in [-0.25, -0.2) is 0 Å². The Kier molecular flexibility index (Phi) is 5.28. The van der Waals surface area contributed by atoms with Gasteiger partial charge in [0.15, 0.2) is 11.5 Å². The second-order valence-electron chi connectivity index (χ2n) is 8.08. The van der Waals surface area contributed by atoms with E-state index in [0.717, 1.165) is 62.1 Å². The zero-order valence-electron chi connectivity index (χ0n) is 16.1. The summed E-state index contributed by atoms with van der Waals surface area (Å²) in [4.78, 5) is 14.7. The van der Waals surface area contributed by atoms with E-state index in [1.165, 1.54) is 0 Å². The lowest BCUT2D eigenvalue weighted by Crippen LogP contribution is -2.56. The Morgan fingerprint density at radius 2 is 2.15 bits per heavy atom. The predicted molar refractivity (Wildman–Crippen MR) is 102 cm³/mol. The summed E-state index contributed by atoms with van der Waals surface area (Å²) >= 11 is 0. The molecule has 0 bridgehead atoms. The van der Waals surface area contributed by atoms with Crippen LogP contribution in [0.5, 0.6) is 11.5 Å². The van der Waals surface area contributed by atoms with Gasteiger partial charge in [-0.2, -0.15) is 0 Å². The third-order valence-corrected chi connectivity index (χ3v) is 6.33. The van der Waals surface area contributed by atoms with E-state index in [4.69, 9.17) is 9.47 Å². The Morgan fingerprint density at radius 3 is 3.00 bits per heavy atom. The molecule has 1 saturated carbocycles. The molecular formula is C21H30N2O4. The highest BCUT2D eigenvalue weighted by atomic mass is 16.7. The van der Waals surface area contributed by atoms with Gasteiger partial charge in [0, 0.05) is 25.0 Å². The monoisotopic (exact) mass is 374 g/mol. The molecule has 0 radical (unpaired) electrons. The molecule has 6 heteroatoms. The smallest absolute Gasteiger partial charge is 0.234 e. The lowest BCUT2D eigenvalue weighted by Gasteiger charge is -2.52. The van der Waals surface area contributed by atoms with E-state index in [9.17, 15) is 9.90 Å². The van der Waals surface area contributed by atoms with Crippen LogP contribution in [-0.2, 0) is 4.79 Å². The highest BCUT2D eigenvalue weighted by Crippen LogP contribution is 2.50. The Balaban J connectivity index is 1.63. The number of likely N-dealkylation sites (tertiary alicyclic amines) is 1. The molecule has 148 valence electrons. The second kappa shape index (κ2) is 7.68. The summed E-state index contributed by atoms with van der Waals surface area (Å²) in [6.07, 6.45) is 5.72. The van der Waals surface area contributed by atoms with E-state index in [0.29, 0.717) is 13.1 Å². The van der Waals surface area contributed by atoms with E-state index in [-0.39, 0.29) is 24.7 Å². The number of amides is 1. The molecule has 1 aliphatic carbocycles. The first-order chi connectivity index (χ1) is 13.1. The lowest BCUT2D eigenvalue weighted by atomic mass is 9.66. The zero-order chi connectivity index (χ0) is 18.9. The summed E-state index contributed by atoms with van der Waals surface area (Å²) in [7, 11) is 0. The van der Waals surface area contributed by atoms with E-state index in [1.807, 2.05) is 12.1 Å². The molecule has 6 nitrogen and oxygen atoms in total. The van der Waals surface area contributed by atoms with Gasteiger partial charge < -0.3 is 19.9 Å². The number of fused-ring (bicyclic) bond motifs is 2. The molecule has 2 heterocycles. The molecule has 3 aliphatic rings. The molecule has 1 saturated heterocycles. The first kappa shape index (κ1) is 18.6. The van der Waals surface area contributed by atoms with Crippen molar-refractivity contribution in [3.05, 3.63) is 23.8 Å². The van der Waals surface area contributed by atoms with Crippen molar-refractivity contribution in [2.24, 2.45) is 5.92 Å². The fourth-order valence-electron chi connectivity index (χ4n) is 4.96. The van der Waals surface area contributed by atoms with Gasteiger partial charge in [-0.1, -0.05) is 25.8 Å². The molecule has 0 spiro atoms. The van der Waals surface area contributed by atoms with E-state index >= 15 is 0 Å². The van der Waals surface area contributed by atoms with Crippen LogP contribution >= 0.6 is 0 Å². The zero-order valence-corrected chi connectivity index (χ0v) is 16.1. The normalized spacial score (nSPS) is 30.0. The van der Waals surface area contributed by atoms with Crippen LogP contribution in [0.1, 0.15) is 57.1 Å². The summed E-state index contributed by atoms with van der Waals surface area (Å²) in [5, 5.41) is 14.3. The minimum absolute atomic E-state index is 0.0194. The number of ether oxygens (including phenoxy) is 2. The van der Waals surface area contributed by atoms with Crippen LogP contribution in [0.25, 0.3) is 0 Å². The maximum Gasteiger partial charge on any atom is 0.234 e. The molecule has 1 aromatic carbocycles. The van der Waals surface area contributed by atoms with Crippen LogP contribution in [0, 0.1) is 5.92 Å². The van der Waals surface area contributed by atoms with Crippen LogP contribution in [-0.4, -0.2) is 47.9 Å². The molecular weight excluding hydrogens is 344 g/mol. The molecule has 1 amide bonds. The van der Waals surface area contributed by atoms with Gasteiger partial charge in [-0.3, -0.25) is 9.69 Å². The highest BCUT2D eigenvalue weighted by molar-refractivity contribution is 5.78. The quantitative estimate of drug-likeness (QED) is 0.829. The summed E-state index contributed by atoms with van der Waals surface area (Å²) in [6.45, 7) is 4.10. The number of benzene rings is 1. The number of nitrogens with one attached hydrogen (secondary N) is 1. The number of hydrogen-bond donors (Lipinski definition) is 2. The van der Waals surface area contributed by atoms with Crippen LogP contribution in [0.2, 0.25) is 0 Å². The second-order valence-corrected chi connectivity index (χ2v) is 8.08. The molecule has 2 aliphatic heterocycles. The minimum Gasteiger partial charge on any atom is -0.454 e. The number of carbonyl (C=O) groups is 1. The van der Waals surface area contributed by atoms with Gasteiger partial charge in [0.1, 0.15) is 0 Å². The van der Waals surface area contributed by atoms with Crippen molar-refractivity contribution in [1.82, 2.24) is 10.2 Å². The molecule has 3 atom stereocenters. The van der Waals surface area contributed by atoms with Crippen LogP contribution in [0.4, 0.5) is 0 Å². The van der Waals surface area contributed by atoms with Gasteiger partial charge >= 0.3 is 0 Å². The maximum atomic E-state index is 12.4. The SMILES string of the molecule is CCCNC(=O)CN1CC[C@]2(O)CCCC[C@@H]2[C@H]1c1ccc2c(c1)OCO2. The Morgan fingerprint density at radius 1 is 1.30 bits per heavy atom. The molecule has 0 unspecified atom stereocenters. The average Bonchev–Trinajstić information content (AvgIpc) is 3.14. The Labute approximate surface area is 160 Å². The van der Waals surface area contributed by atoms with Gasteiger partial charge in [0.25, 0.3) is 0 Å². The molecule has 0 aromatic heterocycles. The average molecular weight is 374 g/mol. The summed E-state index contributed by atoms with van der Waals surface area (Å²) in [5.41, 5.74) is 0.475. The van der Waals surface area contributed by atoms with Crippen molar-refractivity contribution < 1.29 is 19.4 Å². The van der Waals surface area contributed by atoms with E-state index < -0.39 is 5.60 Å². The topological polar surface area (TPSA) is 71.0 Å².